The maximum Gasteiger partial charge on any atom is 0.220 e. The lowest BCUT2D eigenvalue weighted by molar-refractivity contribution is -0.359. The number of nitrogens with one attached hydrogen (secondary N) is 1. The Morgan fingerprint density at radius 3 is 1.16 bits per heavy atom. The normalized spacial score (nSPS) is 23.1. The molecule has 12 atom stereocenters. The summed E-state index contributed by atoms with van der Waals surface area (Å²) in [4.78, 5) is 13.3. The maximum atomic E-state index is 13.3. The van der Waals surface area contributed by atoms with Gasteiger partial charge in [-0.3, -0.25) is 4.79 Å². The van der Waals surface area contributed by atoms with Crippen molar-refractivity contribution in [3.63, 3.8) is 0 Å². The second kappa shape index (κ2) is 61.3. The zero-order valence-electron chi connectivity index (χ0n) is 58.1. The monoisotopic (exact) mass is 1290 g/mol. The number of allylic oxidation sites excluding steroid dienone is 9. The maximum absolute atomic E-state index is 13.3. The molecule has 91 heavy (non-hydrogen) atoms. The first-order valence-electron chi connectivity index (χ1n) is 38.0. The van der Waals surface area contributed by atoms with Gasteiger partial charge in [-0.05, 0) is 57.8 Å². The molecule has 0 radical (unpaired) electrons. The molecule has 12 unspecified atom stereocenters. The van der Waals surface area contributed by atoms with E-state index in [2.05, 4.69) is 67.8 Å². The van der Waals surface area contributed by atoms with Gasteiger partial charge in [0.15, 0.2) is 12.6 Å². The zero-order chi connectivity index (χ0) is 65.9. The molecule has 532 valence electrons. The van der Waals surface area contributed by atoms with Gasteiger partial charge < -0.3 is 65.1 Å². The van der Waals surface area contributed by atoms with Crippen molar-refractivity contribution >= 4 is 5.91 Å². The first-order chi connectivity index (χ1) is 44.6. The number of hydrogen-bond donors (Lipinski definition) is 9. The van der Waals surface area contributed by atoms with Crippen molar-refractivity contribution in [2.24, 2.45) is 0 Å². The van der Waals surface area contributed by atoms with E-state index in [1.165, 1.54) is 238 Å². The molecule has 2 aliphatic heterocycles. The molecule has 0 aliphatic carbocycles. The van der Waals surface area contributed by atoms with Gasteiger partial charge in [-0.2, -0.15) is 0 Å². The van der Waals surface area contributed by atoms with Crippen LogP contribution >= 0.6 is 0 Å². The molecule has 2 rings (SSSR count). The van der Waals surface area contributed by atoms with Crippen LogP contribution in [0, 0.1) is 0 Å². The summed E-state index contributed by atoms with van der Waals surface area (Å²) in [5.74, 6) is -0.233. The Kier molecular flexibility index (Phi) is 57.1. The van der Waals surface area contributed by atoms with Crippen molar-refractivity contribution < 1.29 is 64.6 Å². The van der Waals surface area contributed by atoms with Crippen LogP contribution in [0.1, 0.15) is 328 Å². The van der Waals surface area contributed by atoms with Crippen molar-refractivity contribution in [2.45, 2.75) is 402 Å². The third kappa shape index (κ3) is 44.9. The highest BCUT2D eigenvalue weighted by Crippen LogP contribution is 2.30. The number of aliphatic hydroxyl groups is 8. The molecule has 0 aromatic heterocycles. The molecule has 0 aromatic rings. The molecule has 14 nitrogen and oxygen atoms in total. The SMILES string of the molecule is CC/C=C\C/C=C\C/C=C\C/C=C\CCCCCCCCCCCCCCCCCCCCCCCCCCCCC(=O)NC(COC1OC(CO)C(OC2OC(CO)C(O)C(O)C2O)C(O)C1O)C(O)/C=C/CCCCCCCCCCCCCCCCCC. The van der Waals surface area contributed by atoms with Crippen LogP contribution in [0.25, 0.3) is 0 Å². The molecule has 14 heteroatoms. The number of hydrogen-bond acceptors (Lipinski definition) is 13. The number of rotatable bonds is 63. The van der Waals surface area contributed by atoms with E-state index in [-0.39, 0.29) is 18.9 Å². The molecule has 0 aromatic carbocycles. The topological polar surface area (TPSA) is 228 Å². The molecule has 0 spiro atoms. The Bertz CT molecular complexity index is 1760. The van der Waals surface area contributed by atoms with Crippen LogP contribution < -0.4 is 5.32 Å². The second-order valence-electron chi connectivity index (χ2n) is 26.8. The summed E-state index contributed by atoms with van der Waals surface area (Å²) < 4.78 is 22.9. The first kappa shape index (κ1) is 84.8. The highest BCUT2D eigenvalue weighted by Gasteiger charge is 2.51. The van der Waals surface area contributed by atoms with Crippen molar-refractivity contribution in [3.8, 4) is 0 Å². The summed E-state index contributed by atoms with van der Waals surface area (Å²) in [5, 5.41) is 87.5. The third-order valence-corrected chi connectivity index (χ3v) is 18.5. The number of aliphatic hydroxyl groups excluding tert-OH is 8. The predicted octanol–water partition coefficient (Wildman–Crippen LogP) is 16.4. The van der Waals surface area contributed by atoms with Crippen LogP contribution in [0.2, 0.25) is 0 Å². The second-order valence-corrected chi connectivity index (χ2v) is 26.8. The smallest absolute Gasteiger partial charge is 0.220 e. The number of ether oxygens (including phenoxy) is 4. The van der Waals surface area contributed by atoms with E-state index in [0.29, 0.717) is 6.42 Å². The van der Waals surface area contributed by atoms with E-state index in [9.17, 15) is 45.6 Å². The minimum absolute atomic E-state index is 0.233. The molecule has 0 bridgehead atoms. The number of carbonyl (C=O) groups is 1. The van der Waals surface area contributed by atoms with Crippen LogP contribution in [0.5, 0.6) is 0 Å². The van der Waals surface area contributed by atoms with Gasteiger partial charge >= 0.3 is 0 Å². The number of carbonyl (C=O) groups excluding carboxylic acids is 1. The molecule has 0 saturated carbocycles. The van der Waals surface area contributed by atoms with Crippen molar-refractivity contribution in [1.29, 1.82) is 0 Å². The highest BCUT2D eigenvalue weighted by molar-refractivity contribution is 5.76. The number of amides is 1. The van der Waals surface area contributed by atoms with Gasteiger partial charge in [-0.1, -0.05) is 325 Å². The fourth-order valence-corrected chi connectivity index (χ4v) is 12.5. The van der Waals surface area contributed by atoms with E-state index < -0.39 is 86.8 Å². The fourth-order valence-electron chi connectivity index (χ4n) is 12.5. The number of unbranched alkanes of at least 4 members (excludes halogenated alkanes) is 42. The van der Waals surface area contributed by atoms with Crippen LogP contribution in [0.4, 0.5) is 0 Å². The molecule has 1 amide bonds. The summed E-state index contributed by atoms with van der Waals surface area (Å²) in [6.45, 7) is 2.73. The van der Waals surface area contributed by atoms with Gasteiger partial charge in [0.2, 0.25) is 5.91 Å². The van der Waals surface area contributed by atoms with Gasteiger partial charge in [0.25, 0.3) is 0 Å². The molecule has 2 heterocycles. The lowest BCUT2D eigenvalue weighted by atomic mass is 9.97. The van der Waals surface area contributed by atoms with E-state index >= 15 is 0 Å². The lowest BCUT2D eigenvalue weighted by Gasteiger charge is -2.46. The molecular formula is C77H141NO13. The first-order valence-corrected chi connectivity index (χ1v) is 38.0. The minimum Gasteiger partial charge on any atom is -0.394 e. The van der Waals surface area contributed by atoms with Gasteiger partial charge in [0.1, 0.15) is 48.8 Å². The van der Waals surface area contributed by atoms with Crippen LogP contribution in [-0.2, 0) is 23.7 Å². The van der Waals surface area contributed by atoms with E-state index in [0.717, 1.165) is 64.2 Å². The fraction of sp³-hybridized carbons (Fsp3) is 0.857. The minimum atomic E-state index is -1.79. The summed E-state index contributed by atoms with van der Waals surface area (Å²) in [6, 6.07) is -0.914. The molecule has 2 fully saturated rings. The lowest BCUT2D eigenvalue weighted by Crippen LogP contribution is -2.65. The van der Waals surface area contributed by atoms with E-state index in [1.807, 2.05) is 6.08 Å². The van der Waals surface area contributed by atoms with Crippen molar-refractivity contribution in [3.05, 3.63) is 60.8 Å². The Morgan fingerprint density at radius 1 is 0.407 bits per heavy atom. The molecule has 2 saturated heterocycles. The molecule has 2 aliphatic rings. The Morgan fingerprint density at radius 2 is 0.758 bits per heavy atom. The summed E-state index contributed by atoms with van der Waals surface area (Å²) >= 11 is 0. The standard InChI is InChI=1S/C77H141NO13/c1-3-5-7-9-11-13-15-17-19-21-23-24-25-26-27-28-29-30-31-32-33-34-35-36-37-38-39-40-41-42-43-45-47-49-51-53-55-57-59-61-69(82)78-65(66(81)60-58-56-54-52-50-48-46-44-22-20-18-16-14-12-10-8-6-4-2)64-88-76-74(87)72(85)75(68(63-80)90-76)91-77-73(86)71(84)70(83)67(62-79)89-77/h5,7,11,13,17,19,23-24,58,60,65-68,70-77,79-81,83-87H,3-4,6,8-10,12,14-16,18,20-22,25-57,59,61-64H2,1-2H3,(H,78,82)/b7-5-,13-11-,19-17-,24-23-,60-58+. The van der Waals surface area contributed by atoms with Gasteiger partial charge in [0, 0.05) is 6.42 Å². The average molecular weight is 1290 g/mol. The summed E-state index contributed by atoms with van der Waals surface area (Å²) in [6.07, 6.45) is 65.9. The van der Waals surface area contributed by atoms with Crippen LogP contribution in [-0.4, -0.2) is 140 Å². The Hall–Kier alpha value is -2.31. The molecular weight excluding hydrogens is 1150 g/mol. The van der Waals surface area contributed by atoms with Crippen LogP contribution in [0.3, 0.4) is 0 Å². The quantitative estimate of drug-likeness (QED) is 0.0204. The summed E-state index contributed by atoms with van der Waals surface area (Å²) in [7, 11) is 0. The Balaban J connectivity index is 1.57. The Labute approximate surface area is 556 Å². The highest BCUT2D eigenvalue weighted by atomic mass is 16.7. The van der Waals surface area contributed by atoms with Gasteiger partial charge in [-0.25, -0.2) is 0 Å². The predicted molar refractivity (Wildman–Crippen MR) is 374 cm³/mol. The summed E-state index contributed by atoms with van der Waals surface area (Å²) in [5.41, 5.74) is 0. The van der Waals surface area contributed by atoms with E-state index in [1.54, 1.807) is 6.08 Å². The van der Waals surface area contributed by atoms with Crippen molar-refractivity contribution in [1.82, 2.24) is 5.32 Å². The van der Waals surface area contributed by atoms with Crippen LogP contribution in [0.15, 0.2) is 60.8 Å². The van der Waals surface area contributed by atoms with Gasteiger partial charge in [-0.15, -0.1) is 0 Å². The van der Waals surface area contributed by atoms with Crippen molar-refractivity contribution in [2.75, 3.05) is 19.8 Å². The largest absolute Gasteiger partial charge is 0.394 e. The average Bonchev–Trinajstić information content (AvgIpc) is 1.19. The van der Waals surface area contributed by atoms with E-state index in [4.69, 9.17) is 18.9 Å². The molecule has 9 N–H and O–H groups in total. The van der Waals surface area contributed by atoms with Gasteiger partial charge in [0.05, 0.1) is 32.0 Å². The third-order valence-electron chi connectivity index (χ3n) is 18.5. The zero-order valence-corrected chi connectivity index (χ0v) is 58.1.